The van der Waals surface area contributed by atoms with Gasteiger partial charge in [-0.15, -0.1) is 0 Å². The van der Waals surface area contributed by atoms with Gasteiger partial charge >= 0.3 is 0 Å². The fraction of sp³-hybridized carbons (Fsp3) is 0.400. The van der Waals surface area contributed by atoms with E-state index in [0.29, 0.717) is 18.9 Å². The number of nitrogens with one attached hydrogen (secondary N) is 2. The Kier molecular flexibility index (Phi) is 7.79. The van der Waals surface area contributed by atoms with Crippen molar-refractivity contribution < 1.29 is 8.42 Å². The number of aromatic nitrogens is 1. The van der Waals surface area contributed by atoms with Gasteiger partial charge in [0, 0.05) is 30.6 Å². The summed E-state index contributed by atoms with van der Waals surface area (Å²) >= 11 is 0. The molecule has 0 saturated heterocycles. The van der Waals surface area contributed by atoms with E-state index in [-0.39, 0.29) is 11.8 Å². The van der Waals surface area contributed by atoms with E-state index in [0.717, 1.165) is 23.4 Å². The summed E-state index contributed by atoms with van der Waals surface area (Å²) in [6.45, 7) is 5.22. The summed E-state index contributed by atoms with van der Waals surface area (Å²) in [5, 5.41) is 6.47. The van der Waals surface area contributed by atoms with Crippen LogP contribution in [0, 0.1) is 0 Å². The molecule has 146 valence electrons. The maximum absolute atomic E-state index is 11.3. The Morgan fingerprint density at radius 3 is 2.70 bits per heavy atom. The molecular weight excluding hydrogens is 360 g/mol. The molecule has 0 saturated carbocycles. The van der Waals surface area contributed by atoms with Gasteiger partial charge in [0.15, 0.2) is 5.96 Å². The van der Waals surface area contributed by atoms with Crippen molar-refractivity contribution in [2.24, 2.45) is 4.99 Å². The normalized spacial score (nSPS) is 13.2. The van der Waals surface area contributed by atoms with Crippen LogP contribution in [0.15, 0.2) is 53.7 Å². The van der Waals surface area contributed by atoms with Gasteiger partial charge in [0.2, 0.25) is 0 Å². The maximum atomic E-state index is 11.3. The smallest absolute Gasteiger partial charge is 0.191 e. The van der Waals surface area contributed by atoms with Gasteiger partial charge in [-0.3, -0.25) is 4.98 Å². The number of pyridine rings is 1. The topological polar surface area (TPSA) is 83.4 Å². The highest BCUT2D eigenvalue weighted by atomic mass is 32.2. The molecule has 0 bridgehead atoms. The van der Waals surface area contributed by atoms with E-state index in [2.05, 4.69) is 26.7 Å². The second-order valence-electron chi connectivity index (χ2n) is 6.57. The Morgan fingerprint density at radius 1 is 1.22 bits per heavy atom. The van der Waals surface area contributed by atoms with Crippen molar-refractivity contribution >= 4 is 15.8 Å². The lowest BCUT2D eigenvalue weighted by molar-refractivity contribution is 0.581. The standard InChI is InChI=1S/C20H28N4O2S/c1-4-21-20(24-16(2)11-13-27(3,25)26)23-15-17-8-7-9-18(14-17)19-10-5-6-12-22-19/h5-10,12,14,16H,4,11,13,15H2,1-3H3,(H2,21,23,24). The summed E-state index contributed by atoms with van der Waals surface area (Å²) in [5.74, 6) is 0.842. The predicted octanol–water partition coefficient (Wildman–Crippen LogP) is 2.63. The third kappa shape index (κ3) is 7.78. The molecule has 2 rings (SSSR count). The number of hydrogen-bond donors (Lipinski definition) is 2. The molecule has 0 fully saturated rings. The largest absolute Gasteiger partial charge is 0.357 e. The Hall–Kier alpha value is -2.41. The van der Waals surface area contributed by atoms with Gasteiger partial charge in [0.05, 0.1) is 18.0 Å². The number of guanidine groups is 1. The molecule has 7 heteroatoms. The average molecular weight is 389 g/mol. The molecule has 0 amide bonds. The molecular formula is C20H28N4O2S. The number of nitrogens with zero attached hydrogens (tertiary/aromatic N) is 2. The minimum absolute atomic E-state index is 0.0115. The van der Waals surface area contributed by atoms with Crippen LogP contribution in [0.25, 0.3) is 11.3 Å². The van der Waals surface area contributed by atoms with Gasteiger partial charge in [-0.2, -0.15) is 0 Å². The molecule has 6 nitrogen and oxygen atoms in total. The third-order valence-corrected chi connectivity index (χ3v) is 4.93. The molecule has 2 N–H and O–H groups in total. The Balaban J connectivity index is 2.04. The van der Waals surface area contributed by atoms with Crippen LogP contribution in [0.1, 0.15) is 25.8 Å². The minimum Gasteiger partial charge on any atom is -0.357 e. The van der Waals surface area contributed by atoms with Crippen LogP contribution >= 0.6 is 0 Å². The number of hydrogen-bond acceptors (Lipinski definition) is 4. The molecule has 1 heterocycles. The van der Waals surface area contributed by atoms with Crippen LogP contribution in [0.2, 0.25) is 0 Å². The summed E-state index contributed by atoms with van der Waals surface area (Å²) in [4.78, 5) is 9.01. The highest BCUT2D eigenvalue weighted by Gasteiger charge is 2.09. The monoisotopic (exact) mass is 388 g/mol. The SMILES string of the molecule is CCNC(=NCc1cccc(-c2ccccn2)c1)NC(C)CCS(C)(=O)=O. The van der Waals surface area contributed by atoms with Gasteiger partial charge in [0.25, 0.3) is 0 Å². The molecule has 0 aliphatic heterocycles. The first-order valence-electron chi connectivity index (χ1n) is 9.10. The van der Waals surface area contributed by atoms with Crippen molar-refractivity contribution in [3.8, 4) is 11.3 Å². The molecule has 0 aliphatic carbocycles. The molecule has 1 atom stereocenters. The molecule has 2 aromatic rings. The molecule has 0 spiro atoms. The van der Waals surface area contributed by atoms with Gasteiger partial charge in [-0.05, 0) is 44.0 Å². The first-order chi connectivity index (χ1) is 12.9. The molecule has 1 unspecified atom stereocenters. The molecule has 1 aromatic carbocycles. The van der Waals surface area contributed by atoms with E-state index in [9.17, 15) is 8.42 Å². The van der Waals surface area contributed by atoms with Crippen LogP contribution in [0.3, 0.4) is 0 Å². The van der Waals surface area contributed by atoms with Crippen LogP contribution < -0.4 is 10.6 Å². The van der Waals surface area contributed by atoms with E-state index in [1.165, 1.54) is 6.26 Å². The van der Waals surface area contributed by atoms with E-state index in [4.69, 9.17) is 0 Å². The van der Waals surface area contributed by atoms with Crippen molar-refractivity contribution in [2.45, 2.75) is 32.9 Å². The first kappa shape index (κ1) is 20.9. The lowest BCUT2D eigenvalue weighted by Gasteiger charge is -2.17. The summed E-state index contributed by atoms with van der Waals surface area (Å²) in [5.41, 5.74) is 3.07. The van der Waals surface area contributed by atoms with Crippen LogP contribution in [-0.2, 0) is 16.4 Å². The Bertz CT molecular complexity index is 851. The van der Waals surface area contributed by atoms with Gasteiger partial charge < -0.3 is 10.6 Å². The van der Waals surface area contributed by atoms with Crippen LogP contribution in [-0.4, -0.2) is 44.0 Å². The van der Waals surface area contributed by atoms with Crippen molar-refractivity contribution in [2.75, 3.05) is 18.6 Å². The first-order valence-corrected chi connectivity index (χ1v) is 11.2. The maximum Gasteiger partial charge on any atom is 0.191 e. The number of aliphatic imine (C=N–C) groups is 1. The zero-order valence-corrected chi connectivity index (χ0v) is 17.0. The molecule has 0 radical (unpaired) electrons. The highest BCUT2D eigenvalue weighted by molar-refractivity contribution is 7.90. The zero-order chi connectivity index (χ0) is 19.7. The average Bonchev–Trinajstić information content (AvgIpc) is 2.65. The number of sulfone groups is 1. The number of rotatable bonds is 8. The molecule has 27 heavy (non-hydrogen) atoms. The second-order valence-corrected chi connectivity index (χ2v) is 8.83. The fourth-order valence-electron chi connectivity index (χ4n) is 2.55. The highest BCUT2D eigenvalue weighted by Crippen LogP contribution is 2.18. The summed E-state index contributed by atoms with van der Waals surface area (Å²) < 4.78 is 22.7. The summed E-state index contributed by atoms with van der Waals surface area (Å²) in [6, 6.07) is 14.0. The summed E-state index contributed by atoms with van der Waals surface area (Å²) in [7, 11) is -2.96. The van der Waals surface area contributed by atoms with Crippen molar-refractivity contribution in [3.05, 3.63) is 54.2 Å². The van der Waals surface area contributed by atoms with E-state index < -0.39 is 9.84 Å². The third-order valence-electron chi connectivity index (χ3n) is 3.96. The van der Waals surface area contributed by atoms with Gasteiger partial charge in [-0.25, -0.2) is 13.4 Å². The van der Waals surface area contributed by atoms with Gasteiger partial charge in [0.1, 0.15) is 9.84 Å². The molecule has 0 aliphatic rings. The van der Waals surface area contributed by atoms with Crippen molar-refractivity contribution in [1.82, 2.24) is 15.6 Å². The lowest BCUT2D eigenvalue weighted by Crippen LogP contribution is -2.42. The van der Waals surface area contributed by atoms with Crippen LogP contribution in [0.4, 0.5) is 0 Å². The zero-order valence-electron chi connectivity index (χ0n) is 16.1. The van der Waals surface area contributed by atoms with Crippen molar-refractivity contribution in [1.29, 1.82) is 0 Å². The minimum atomic E-state index is -2.96. The quantitative estimate of drug-likeness (QED) is 0.536. The number of benzene rings is 1. The van der Waals surface area contributed by atoms with E-state index in [1.807, 2.05) is 50.2 Å². The molecule has 1 aromatic heterocycles. The Morgan fingerprint density at radius 2 is 2.04 bits per heavy atom. The fourth-order valence-corrected chi connectivity index (χ4v) is 3.33. The van der Waals surface area contributed by atoms with Gasteiger partial charge in [-0.1, -0.05) is 24.3 Å². The van der Waals surface area contributed by atoms with E-state index >= 15 is 0 Å². The Labute approximate surface area is 162 Å². The predicted molar refractivity (Wildman–Crippen MR) is 111 cm³/mol. The van der Waals surface area contributed by atoms with Crippen molar-refractivity contribution in [3.63, 3.8) is 0 Å². The summed E-state index contributed by atoms with van der Waals surface area (Å²) in [6.07, 6.45) is 3.58. The second kappa shape index (κ2) is 10.1. The lowest BCUT2D eigenvalue weighted by atomic mass is 10.1. The van der Waals surface area contributed by atoms with Crippen LogP contribution in [0.5, 0.6) is 0 Å². The van der Waals surface area contributed by atoms with E-state index in [1.54, 1.807) is 6.20 Å².